The molecule has 2 aromatic rings. The fourth-order valence-corrected chi connectivity index (χ4v) is 3.08. The van der Waals surface area contributed by atoms with Gasteiger partial charge in [-0.1, -0.05) is 30.3 Å². The van der Waals surface area contributed by atoms with Crippen LogP contribution in [0.15, 0.2) is 35.3 Å². The van der Waals surface area contributed by atoms with Crippen LogP contribution in [0.5, 0.6) is 0 Å². The molecule has 0 saturated carbocycles. The van der Waals surface area contributed by atoms with Crippen molar-refractivity contribution in [2.75, 3.05) is 27.2 Å². The quantitative estimate of drug-likeness (QED) is 0.348. The molecule has 0 unspecified atom stereocenters. The summed E-state index contributed by atoms with van der Waals surface area (Å²) in [7, 11) is 3.46. The number of hydrogen-bond acceptors (Lipinski definition) is 4. The number of hydrogen-bond donors (Lipinski definition) is 2. The van der Waals surface area contributed by atoms with Crippen molar-refractivity contribution in [1.82, 2.24) is 20.5 Å². The molecule has 148 valence electrons. The molecule has 0 aliphatic carbocycles. The molecule has 2 rings (SSSR count). The number of aromatic nitrogens is 1. The van der Waals surface area contributed by atoms with Crippen LogP contribution >= 0.6 is 35.3 Å². The van der Waals surface area contributed by atoms with Crippen LogP contribution in [-0.4, -0.2) is 48.9 Å². The highest BCUT2D eigenvalue weighted by Gasteiger charge is 2.07. The molecule has 0 fully saturated rings. The monoisotopic (exact) mass is 501 g/mol. The third-order valence-corrected chi connectivity index (χ3v) is 4.97. The molecule has 0 bridgehead atoms. The topological polar surface area (TPSA) is 69.6 Å². The molecule has 0 aliphatic heterocycles. The molecule has 8 heteroatoms. The van der Waals surface area contributed by atoms with E-state index in [1.807, 2.05) is 25.1 Å². The summed E-state index contributed by atoms with van der Waals surface area (Å²) in [5, 5.41) is 7.58. The van der Waals surface area contributed by atoms with Gasteiger partial charge in [-0.25, -0.2) is 9.98 Å². The van der Waals surface area contributed by atoms with E-state index in [1.54, 1.807) is 30.3 Å². The first-order chi connectivity index (χ1) is 12.5. The van der Waals surface area contributed by atoms with E-state index in [2.05, 4.69) is 39.7 Å². The Morgan fingerprint density at radius 3 is 2.48 bits per heavy atom. The molecule has 0 saturated heterocycles. The number of amides is 1. The fraction of sp³-hybridized carbons (Fsp3) is 0.421. The smallest absolute Gasteiger partial charge is 0.243 e. The van der Waals surface area contributed by atoms with E-state index < -0.39 is 0 Å². The van der Waals surface area contributed by atoms with Gasteiger partial charge in [0.15, 0.2) is 5.96 Å². The highest BCUT2D eigenvalue weighted by molar-refractivity contribution is 14.0. The number of halogens is 1. The normalized spacial score (nSPS) is 10.9. The Morgan fingerprint density at radius 2 is 1.89 bits per heavy atom. The number of likely N-dealkylation sites (N-methyl/N-ethyl adjacent to an activating group) is 1. The van der Waals surface area contributed by atoms with Crippen molar-refractivity contribution in [3.63, 3.8) is 0 Å². The summed E-state index contributed by atoms with van der Waals surface area (Å²) in [6.07, 6.45) is 0.888. The standard InChI is InChI=1S/C19H27N5OS.HI/c1-14-15(2)26-17(23-14)12-21-19(22-13-18(25)24(3)4)20-11-10-16-8-6-5-7-9-16;/h5-9H,10-13H2,1-4H3,(H2,20,21,22);1H. The minimum absolute atomic E-state index is 0. The summed E-state index contributed by atoms with van der Waals surface area (Å²) in [6, 6.07) is 10.3. The second-order valence-electron chi connectivity index (χ2n) is 6.22. The average Bonchev–Trinajstić information content (AvgIpc) is 2.95. The van der Waals surface area contributed by atoms with Gasteiger partial charge in [0.2, 0.25) is 5.91 Å². The summed E-state index contributed by atoms with van der Waals surface area (Å²) >= 11 is 1.67. The first-order valence-electron chi connectivity index (χ1n) is 8.65. The predicted molar refractivity (Wildman–Crippen MR) is 123 cm³/mol. The summed E-state index contributed by atoms with van der Waals surface area (Å²) in [5.74, 6) is 0.594. The van der Waals surface area contributed by atoms with Crippen LogP contribution in [0, 0.1) is 13.8 Å². The lowest BCUT2D eigenvalue weighted by atomic mass is 10.1. The third kappa shape index (κ3) is 8.25. The Kier molecular flexibility index (Phi) is 10.3. The molecular formula is C19H28IN5OS. The zero-order chi connectivity index (χ0) is 18.9. The van der Waals surface area contributed by atoms with Crippen LogP contribution in [0.3, 0.4) is 0 Å². The van der Waals surface area contributed by atoms with Crippen molar-refractivity contribution in [3.05, 3.63) is 51.5 Å². The SMILES string of the molecule is Cc1nc(CNC(=NCC(=O)N(C)C)NCCc2ccccc2)sc1C.I. The molecule has 2 N–H and O–H groups in total. The number of aryl methyl sites for hydroxylation is 2. The molecule has 0 aliphatic rings. The number of nitrogens with zero attached hydrogens (tertiary/aromatic N) is 3. The Morgan fingerprint density at radius 1 is 1.19 bits per heavy atom. The van der Waals surface area contributed by atoms with Gasteiger partial charge in [-0.2, -0.15) is 0 Å². The van der Waals surface area contributed by atoms with Crippen LogP contribution in [0.25, 0.3) is 0 Å². The molecule has 0 atom stereocenters. The predicted octanol–water partition coefficient (Wildman–Crippen LogP) is 2.74. The highest BCUT2D eigenvalue weighted by Crippen LogP contribution is 2.15. The third-order valence-electron chi connectivity index (χ3n) is 3.90. The summed E-state index contributed by atoms with van der Waals surface area (Å²) in [6.45, 7) is 5.52. The van der Waals surface area contributed by atoms with E-state index in [0.29, 0.717) is 12.5 Å². The maximum absolute atomic E-state index is 11.8. The van der Waals surface area contributed by atoms with Crippen molar-refractivity contribution in [2.45, 2.75) is 26.8 Å². The lowest BCUT2D eigenvalue weighted by molar-refractivity contribution is -0.127. The van der Waals surface area contributed by atoms with Gasteiger partial charge in [-0.05, 0) is 25.8 Å². The summed E-state index contributed by atoms with van der Waals surface area (Å²) < 4.78 is 0. The number of carbonyl (C=O) groups excluding carboxylic acids is 1. The van der Waals surface area contributed by atoms with Gasteiger partial charge < -0.3 is 15.5 Å². The number of carbonyl (C=O) groups is 1. The van der Waals surface area contributed by atoms with Gasteiger partial charge in [0.1, 0.15) is 11.6 Å². The Balaban J connectivity index is 0.00000364. The molecular weight excluding hydrogens is 473 g/mol. The van der Waals surface area contributed by atoms with Crippen molar-refractivity contribution in [3.8, 4) is 0 Å². The zero-order valence-electron chi connectivity index (χ0n) is 16.3. The van der Waals surface area contributed by atoms with Crippen molar-refractivity contribution in [1.29, 1.82) is 0 Å². The van der Waals surface area contributed by atoms with Crippen LogP contribution < -0.4 is 10.6 Å². The first kappa shape index (κ1) is 23.4. The molecule has 0 spiro atoms. The number of benzene rings is 1. The Labute approximate surface area is 182 Å². The second-order valence-corrected chi connectivity index (χ2v) is 7.51. The molecule has 1 amide bonds. The minimum Gasteiger partial charge on any atom is -0.356 e. The van der Waals surface area contributed by atoms with Crippen molar-refractivity contribution < 1.29 is 4.79 Å². The zero-order valence-corrected chi connectivity index (χ0v) is 19.4. The van der Waals surface area contributed by atoms with E-state index in [9.17, 15) is 4.79 Å². The van der Waals surface area contributed by atoms with E-state index >= 15 is 0 Å². The number of nitrogens with one attached hydrogen (secondary N) is 2. The molecule has 1 aromatic carbocycles. The van der Waals surface area contributed by atoms with Crippen LogP contribution in [0.1, 0.15) is 21.1 Å². The van der Waals surface area contributed by atoms with Crippen LogP contribution in [0.2, 0.25) is 0 Å². The van der Waals surface area contributed by atoms with Crippen LogP contribution in [0.4, 0.5) is 0 Å². The molecule has 1 aromatic heterocycles. The second kappa shape index (κ2) is 11.9. The minimum atomic E-state index is -0.0323. The van der Waals surface area contributed by atoms with E-state index in [0.717, 1.165) is 23.7 Å². The van der Waals surface area contributed by atoms with Gasteiger partial charge >= 0.3 is 0 Å². The Bertz CT molecular complexity index is 726. The lowest BCUT2D eigenvalue weighted by Crippen LogP contribution is -2.39. The van der Waals surface area contributed by atoms with Gasteiger partial charge in [-0.15, -0.1) is 35.3 Å². The maximum atomic E-state index is 11.8. The number of aliphatic imine (C=N–C) groups is 1. The van der Waals surface area contributed by atoms with Gasteiger partial charge in [0.05, 0.1) is 12.2 Å². The number of thiazole rings is 1. The average molecular weight is 501 g/mol. The van der Waals surface area contributed by atoms with E-state index in [1.165, 1.54) is 10.4 Å². The van der Waals surface area contributed by atoms with Gasteiger partial charge in [-0.3, -0.25) is 4.79 Å². The first-order valence-corrected chi connectivity index (χ1v) is 9.46. The Hall–Kier alpha value is -1.68. The fourth-order valence-electron chi connectivity index (χ4n) is 2.21. The van der Waals surface area contributed by atoms with E-state index in [4.69, 9.17) is 0 Å². The summed E-state index contributed by atoms with van der Waals surface area (Å²) in [4.78, 5) is 23.5. The molecule has 6 nitrogen and oxygen atoms in total. The maximum Gasteiger partial charge on any atom is 0.243 e. The molecule has 1 heterocycles. The van der Waals surface area contributed by atoms with Crippen molar-refractivity contribution >= 4 is 47.2 Å². The van der Waals surface area contributed by atoms with Gasteiger partial charge in [0.25, 0.3) is 0 Å². The van der Waals surface area contributed by atoms with Gasteiger partial charge in [0, 0.05) is 25.5 Å². The van der Waals surface area contributed by atoms with Crippen LogP contribution in [-0.2, 0) is 17.8 Å². The number of guanidine groups is 1. The largest absolute Gasteiger partial charge is 0.356 e. The molecule has 0 radical (unpaired) electrons. The number of rotatable bonds is 7. The lowest BCUT2D eigenvalue weighted by Gasteiger charge is -2.13. The van der Waals surface area contributed by atoms with E-state index in [-0.39, 0.29) is 36.4 Å². The highest BCUT2D eigenvalue weighted by atomic mass is 127. The molecule has 27 heavy (non-hydrogen) atoms. The summed E-state index contributed by atoms with van der Waals surface area (Å²) in [5.41, 5.74) is 2.32. The van der Waals surface area contributed by atoms with Crippen molar-refractivity contribution in [2.24, 2.45) is 4.99 Å².